The van der Waals surface area contributed by atoms with Crippen LogP contribution in [0.2, 0.25) is 0 Å². The van der Waals surface area contributed by atoms with Crippen LogP contribution in [0.25, 0.3) is 0 Å². The third-order valence-corrected chi connectivity index (χ3v) is 20.0. The molecule has 0 aliphatic carbocycles. The van der Waals surface area contributed by atoms with E-state index in [-0.39, 0.29) is 18.5 Å². The average Bonchev–Trinajstić information content (AvgIpc) is 0.847. The van der Waals surface area contributed by atoms with Crippen LogP contribution < -0.4 is 5.32 Å². The molecular formula is C84H159NO10. The maximum absolute atomic E-state index is 13.0. The van der Waals surface area contributed by atoms with E-state index in [1.54, 1.807) is 6.08 Å². The van der Waals surface area contributed by atoms with E-state index in [2.05, 4.69) is 43.5 Å². The molecule has 0 bridgehead atoms. The highest BCUT2D eigenvalue weighted by Gasteiger charge is 2.44. The van der Waals surface area contributed by atoms with E-state index in [0.717, 1.165) is 64.2 Å². The molecule has 1 heterocycles. The van der Waals surface area contributed by atoms with Gasteiger partial charge in [0.1, 0.15) is 24.4 Å². The summed E-state index contributed by atoms with van der Waals surface area (Å²) < 4.78 is 16.8. The topological polar surface area (TPSA) is 175 Å². The summed E-state index contributed by atoms with van der Waals surface area (Å²) in [6.45, 7) is 4.34. The number of hydrogen-bond donors (Lipinski definition) is 6. The second kappa shape index (κ2) is 73.1. The Balaban J connectivity index is 1.81. The molecule has 0 saturated carbocycles. The number of carbonyl (C=O) groups is 2. The van der Waals surface area contributed by atoms with Crippen LogP contribution in [0.5, 0.6) is 0 Å². The van der Waals surface area contributed by atoms with Gasteiger partial charge in [-0.15, -0.1) is 0 Å². The van der Waals surface area contributed by atoms with Gasteiger partial charge in [-0.05, 0) is 64.2 Å². The molecule has 1 aliphatic rings. The van der Waals surface area contributed by atoms with Crippen LogP contribution in [0.15, 0.2) is 36.5 Å². The summed E-state index contributed by atoms with van der Waals surface area (Å²) >= 11 is 0. The van der Waals surface area contributed by atoms with Gasteiger partial charge in [0.15, 0.2) is 6.29 Å². The maximum Gasteiger partial charge on any atom is 0.305 e. The van der Waals surface area contributed by atoms with E-state index >= 15 is 0 Å². The second-order valence-corrected chi connectivity index (χ2v) is 29.2. The summed E-state index contributed by atoms with van der Waals surface area (Å²) in [6, 6.07) is -0.804. The minimum Gasteiger partial charge on any atom is -0.466 e. The van der Waals surface area contributed by atoms with Gasteiger partial charge < -0.3 is 45.1 Å². The Morgan fingerprint density at radius 1 is 0.389 bits per heavy atom. The van der Waals surface area contributed by atoms with Crippen LogP contribution >= 0.6 is 0 Å². The number of aliphatic hydroxyl groups is 5. The first-order chi connectivity index (χ1) is 46.7. The number of esters is 1. The molecule has 1 rings (SSSR count). The van der Waals surface area contributed by atoms with Gasteiger partial charge in [-0.3, -0.25) is 9.59 Å². The zero-order valence-electron chi connectivity index (χ0n) is 62.7. The lowest BCUT2D eigenvalue weighted by Gasteiger charge is -2.40. The summed E-state index contributed by atoms with van der Waals surface area (Å²) in [4.78, 5) is 25.2. The molecule has 0 aromatic rings. The van der Waals surface area contributed by atoms with E-state index in [4.69, 9.17) is 14.2 Å². The minimum absolute atomic E-state index is 0.0152. The van der Waals surface area contributed by atoms with Gasteiger partial charge in [-0.2, -0.15) is 0 Å². The smallest absolute Gasteiger partial charge is 0.305 e. The molecule has 560 valence electrons. The highest BCUT2D eigenvalue weighted by molar-refractivity contribution is 5.76. The molecule has 11 nitrogen and oxygen atoms in total. The highest BCUT2D eigenvalue weighted by atomic mass is 16.7. The van der Waals surface area contributed by atoms with Crippen molar-refractivity contribution < 1.29 is 49.3 Å². The fraction of sp³-hybridized carbons (Fsp3) is 0.905. The van der Waals surface area contributed by atoms with E-state index < -0.39 is 49.5 Å². The number of amides is 1. The summed E-state index contributed by atoms with van der Waals surface area (Å²) in [5.41, 5.74) is 0. The van der Waals surface area contributed by atoms with Gasteiger partial charge >= 0.3 is 5.97 Å². The number of hydrogen-bond acceptors (Lipinski definition) is 10. The Morgan fingerprint density at radius 2 is 0.705 bits per heavy atom. The third kappa shape index (κ3) is 61.5. The molecule has 1 aliphatic heterocycles. The fourth-order valence-corrected chi connectivity index (χ4v) is 13.5. The van der Waals surface area contributed by atoms with Crippen molar-refractivity contribution in [2.75, 3.05) is 19.8 Å². The summed E-state index contributed by atoms with van der Waals surface area (Å²) in [5.74, 6) is -0.160. The predicted molar refractivity (Wildman–Crippen MR) is 403 cm³/mol. The minimum atomic E-state index is -1.57. The van der Waals surface area contributed by atoms with Crippen LogP contribution in [0.4, 0.5) is 0 Å². The van der Waals surface area contributed by atoms with Crippen LogP contribution in [-0.4, -0.2) is 100 Å². The first kappa shape index (κ1) is 90.9. The number of aliphatic hydroxyl groups excluding tert-OH is 5. The molecule has 0 spiro atoms. The lowest BCUT2D eigenvalue weighted by molar-refractivity contribution is -0.302. The normalized spacial score (nSPS) is 17.5. The molecular weight excluding hydrogens is 1180 g/mol. The first-order valence-electron chi connectivity index (χ1n) is 41.8. The largest absolute Gasteiger partial charge is 0.466 e. The maximum atomic E-state index is 13.0. The monoisotopic (exact) mass is 1340 g/mol. The van der Waals surface area contributed by atoms with Crippen molar-refractivity contribution in [2.24, 2.45) is 0 Å². The first-order valence-corrected chi connectivity index (χ1v) is 41.8. The molecule has 95 heavy (non-hydrogen) atoms. The Hall–Kier alpha value is -2.12. The summed E-state index contributed by atoms with van der Waals surface area (Å²) in [7, 11) is 0. The molecule has 1 fully saturated rings. The van der Waals surface area contributed by atoms with Crippen molar-refractivity contribution in [2.45, 2.75) is 468 Å². The molecule has 0 radical (unpaired) electrons. The highest BCUT2D eigenvalue weighted by Crippen LogP contribution is 2.24. The van der Waals surface area contributed by atoms with Gasteiger partial charge in [0, 0.05) is 12.8 Å². The molecule has 1 amide bonds. The Kier molecular flexibility index (Phi) is 69.9. The van der Waals surface area contributed by atoms with E-state index in [9.17, 15) is 35.1 Å². The van der Waals surface area contributed by atoms with Crippen molar-refractivity contribution in [3.8, 4) is 0 Å². The molecule has 6 N–H and O–H groups in total. The number of allylic oxidation sites excluding steroid dienone is 5. The van der Waals surface area contributed by atoms with Crippen molar-refractivity contribution in [3.63, 3.8) is 0 Å². The van der Waals surface area contributed by atoms with E-state index in [1.165, 1.54) is 334 Å². The van der Waals surface area contributed by atoms with Gasteiger partial charge in [0.05, 0.1) is 32.0 Å². The molecule has 7 atom stereocenters. The van der Waals surface area contributed by atoms with Gasteiger partial charge in [-0.1, -0.05) is 384 Å². The summed E-state index contributed by atoms with van der Waals surface area (Å²) in [5, 5.41) is 54.4. The average molecular weight is 1340 g/mol. The number of nitrogens with one attached hydrogen (secondary N) is 1. The quantitative estimate of drug-likeness (QED) is 0.0195. The van der Waals surface area contributed by atoms with Crippen molar-refractivity contribution >= 4 is 11.9 Å². The predicted octanol–water partition coefficient (Wildman–Crippen LogP) is 22.9. The van der Waals surface area contributed by atoms with Crippen LogP contribution in [0, 0.1) is 0 Å². The number of unbranched alkanes of at least 4 members (excludes halogenated alkanes) is 57. The zero-order chi connectivity index (χ0) is 68.6. The number of carbonyl (C=O) groups excluding carboxylic acids is 2. The van der Waals surface area contributed by atoms with E-state index in [0.29, 0.717) is 19.4 Å². The Morgan fingerprint density at radius 3 is 1.08 bits per heavy atom. The van der Waals surface area contributed by atoms with Crippen molar-refractivity contribution in [1.29, 1.82) is 0 Å². The van der Waals surface area contributed by atoms with Gasteiger partial charge in [0.2, 0.25) is 5.91 Å². The Bertz CT molecular complexity index is 1670. The second-order valence-electron chi connectivity index (χ2n) is 29.2. The van der Waals surface area contributed by atoms with Crippen molar-refractivity contribution in [1.82, 2.24) is 5.32 Å². The van der Waals surface area contributed by atoms with Crippen LogP contribution in [-0.2, 0) is 23.8 Å². The third-order valence-electron chi connectivity index (χ3n) is 20.0. The lowest BCUT2D eigenvalue weighted by Crippen LogP contribution is -2.60. The molecule has 11 heteroatoms. The molecule has 0 aromatic carbocycles. The lowest BCUT2D eigenvalue weighted by atomic mass is 9.99. The SMILES string of the molecule is CCCCC/C=C\C/C=C\CCCCCCCCCCCC(=O)OCCCCCCCCCCCCCCCCCCCCCCCCCCCCCCCCCCCCCCCCCC(=O)NC(COC1OC(CO)C(O)C(O)C1O)C(O)/C=C/CCCCCCCCC. The van der Waals surface area contributed by atoms with Crippen molar-refractivity contribution in [3.05, 3.63) is 36.5 Å². The molecule has 1 saturated heterocycles. The Labute approximate surface area is 587 Å². The number of rotatable bonds is 75. The summed E-state index contributed by atoms with van der Waals surface area (Å²) in [6.07, 6.45) is 86.5. The van der Waals surface area contributed by atoms with E-state index in [1.807, 2.05) is 6.08 Å². The van der Waals surface area contributed by atoms with Crippen LogP contribution in [0.1, 0.15) is 425 Å². The molecule has 0 aromatic heterocycles. The zero-order valence-corrected chi connectivity index (χ0v) is 62.7. The van der Waals surface area contributed by atoms with Gasteiger partial charge in [0.25, 0.3) is 0 Å². The van der Waals surface area contributed by atoms with Crippen LogP contribution in [0.3, 0.4) is 0 Å². The fourth-order valence-electron chi connectivity index (χ4n) is 13.5. The molecule has 7 unspecified atom stereocenters. The number of ether oxygens (including phenoxy) is 3. The standard InChI is InChI=1S/C84H159NO10/c1-3-5-7-9-11-13-14-15-16-17-39-43-46-49-52-56-60-64-68-72-80(89)93-73-69-65-61-57-53-50-47-44-41-38-36-34-32-30-28-26-24-22-20-18-19-21-23-25-27-29-31-33-35-37-40-42-45-48-51-55-59-63-67-71-79(88)85-76(77(87)70-66-62-58-54-12-10-8-6-4-2)75-94-84-83(92)82(91)81(90)78(74-86)95-84/h11,13,15-16,66,70,76-78,81-84,86-87,90-92H,3-10,12,14,17-65,67-69,71-75H2,1-2H3,(H,85,88)/b13-11-,16-15-,70-66+. The van der Waals surface area contributed by atoms with Gasteiger partial charge in [-0.25, -0.2) is 0 Å².